The van der Waals surface area contributed by atoms with Crippen LogP contribution in [-0.4, -0.2) is 38.0 Å². The summed E-state index contributed by atoms with van der Waals surface area (Å²) in [5.74, 6) is -0.0422. The molecule has 1 heterocycles. The molecular weight excluding hydrogens is 360 g/mol. The number of methoxy groups -OCH3 is 2. The zero-order valence-corrected chi connectivity index (χ0v) is 15.9. The van der Waals surface area contributed by atoms with Gasteiger partial charge in [-0.15, -0.1) is 0 Å². The number of ether oxygens (including phenoxy) is 4. The van der Waals surface area contributed by atoms with E-state index < -0.39 is 23.1 Å². The molecule has 7 heteroatoms. The summed E-state index contributed by atoms with van der Waals surface area (Å²) in [6, 6.07) is 1.52. The molecule has 3 rings (SSSR count). The summed E-state index contributed by atoms with van der Waals surface area (Å²) < 4.78 is 22.1. The minimum atomic E-state index is -1.65. The second kappa shape index (κ2) is 6.83. The predicted molar refractivity (Wildman–Crippen MR) is 95.4 cm³/mol. The predicted octanol–water partition coefficient (Wildman–Crippen LogP) is 3.59. The maximum atomic E-state index is 13.3. The molecule has 2 atom stereocenters. The molecule has 2 unspecified atom stereocenters. The molecule has 0 fully saturated rings. The van der Waals surface area contributed by atoms with Gasteiger partial charge in [-0.3, -0.25) is 9.59 Å². The maximum Gasteiger partial charge on any atom is 0.236 e. The van der Waals surface area contributed by atoms with E-state index in [4.69, 9.17) is 30.5 Å². The van der Waals surface area contributed by atoms with E-state index in [0.717, 1.165) is 6.42 Å². The van der Waals surface area contributed by atoms with Crippen LogP contribution in [0.1, 0.15) is 37.0 Å². The van der Waals surface area contributed by atoms with Crippen LogP contribution in [0.15, 0.2) is 17.9 Å². The molecule has 0 N–H and O–H groups in total. The fraction of sp³-hybridized carbons (Fsp3) is 0.474. The Morgan fingerprint density at radius 2 is 1.96 bits per heavy atom. The maximum absolute atomic E-state index is 13.3. The lowest BCUT2D eigenvalue weighted by Gasteiger charge is -2.34. The van der Waals surface area contributed by atoms with Crippen molar-refractivity contribution in [3.63, 3.8) is 0 Å². The quantitative estimate of drug-likeness (QED) is 0.727. The third-order valence-electron chi connectivity index (χ3n) is 4.77. The first kappa shape index (κ1) is 18.6. The lowest BCUT2D eigenvalue weighted by molar-refractivity contribution is -0.129. The van der Waals surface area contributed by atoms with Crippen LogP contribution in [0.5, 0.6) is 17.2 Å². The summed E-state index contributed by atoms with van der Waals surface area (Å²) in [6.07, 6.45) is 2.61. The van der Waals surface area contributed by atoms with Crippen molar-refractivity contribution in [2.45, 2.75) is 32.3 Å². The first-order valence-corrected chi connectivity index (χ1v) is 8.84. The average molecular weight is 381 g/mol. The third-order valence-corrected chi connectivity index (χ3v) is 5.13. The second-order valence-corrected chi connectivity index (χ2v) is 6.77. The lowest BCUT2D eigenvalue weighted by atomic mass is 9.74. The van der Waals surface area contributed by atoms with Crippen molar-refractivity contribution < 1.29 is 28.5 Å². The second-order valence-electron chi connectivity index (χ2n) is 6.39. The molecule has 0 saturated heterocycles. The number of hydrogen-bond acceptors (Lipinski definition) is 6. The van der Waals surface area contributed by atoms with Crippen molar-refractivity contribution >= 4 is 23.2 Å². The summed E-state index contributed by atoms with van der Waals surface area (Å²) in [6.45, 7) is 4.30. The number of carbonyl (C=O) groups excluding carboxylic acids is 2. The van der Waals surface area contributed by atoms with Crippen LogP contribution >= 0.6 is 11.6 Å². The topological polar surface area (TPSA) is 71.1 Å². The molecule has 1 aliphatic heterocycles. The third kappa shape index (κ3) is 2.55. The molecule has 0 aromatic heterocycles. The highest BCUT2D eigenvalue weighted by Gasteiger charge is 2.60. The zero-order valence-electron chi connectivity index (χ0n) is 15.2. The molecular formula is C19H21ClO6. The first-order chi connectivity index (χ1) is 12.4. The van der Waals surface area contributed by atoms with Crippen LogP contribution in [-0.2, 0) is 9.53 Å². The molecule has 0 radical (unpaired) electrons. The highest BCUT2D eigenvalue weighted by atomic mass is 35.5. The van der Waals surface area contributed by atoms with E-state index >= 15 is 0 Å². The van der Waals surface area contributed by atoms with E-state index in [2.05, 4.69) is 0 Å². The summed E-state index contributed by atoms with van der Waals surface area (Å²) in [5, 5.41) is 0.144. The fourth-order valence-electron chi connectivity index (χ4n) is 3.42. The van der Waals surface area contributed by atoms with Crippen LogP contribution in [0.3, 0.4) is 0 Å². The number of hydrogen-bond donors (Lipinski definition) is 0. The molecule has 1 aromatic rings. The standard InChI is InChI=1S/C19H21ClO6/c1-5-6-25-11-7-10(2)19(14(21)8-11)18(22)15-12(23-3)9-13(24-4)16(20)17(15)26-19/h8-10H,5-7H2,1-4H3. The van der Waals surface area contributed by atoms with Gasteiger partial charge in [-0.1, -0.05) is 25.4 Å². The average Bonchev–Trinajstić information content (AvgIpc) is 2.94. The van der Waals surface area contributed by atoms with Crippen molar-refractivity contribution in [2.75, 3.05) is 20.8 Å². The summed E-state index contributed by atoms with van der Waals surface area (Å²) in [5.41, 5.74) is -1.48. The minimum Gasteiger partial charge on any atom is -0.498 e. The highest BCUT2D eigenvalue weighted by molar-refractivity contribution is 6.36. The Hall–Kier alpha value is -2.21. The van der Waals surface area contributed by atoms with Gasteiger partial charge in [0, 0.05) is 24.5 Å². The molecule has 0 saturated carbocycles. The SMILES string of the molecule is CCCOC1=CC(=O)C2(Oc3c(Cl)c(OC)cc(OC)c3C2=O)C(C)C1. The van der Waals surface area contributed by atoms with Crippen molar-refractivity contribution in [1.82, 2.24) is 0 Å². The molecule has 6 nitrogen and oxygen atoms in total. The number of carbonyl (C=O) groups is 2. The normalized spacial score (nSPS) is 24.2. The van der Waals surface area contributed by atoms with E-state index in [9.17, 15) is 9.59 Å². The van der Waals surface area contributed by atoms with Crippen molar-refractivity contribution in [3.8, 4) is 17.2 Å². The summed E-state index contributed by atoms with van der Waals surface area (Å²) in [4.78, 5) is 26.2. The van der Waals surface area contributed by atoms with Crippen molar-refractivity contribution in [1.29, 1.82) is 0 Å². The van der Waals surface area contributed by atoms with Gasteiger partial charge in [0.15, 0.2) is 5.75 Å². The molecule has 0 amide bonds. The minimum absolute atomic E-state index is 0.124. The Labute approximate surface area is 157 Å². The van der Waals surface area contributed by atoms with Gasteiger partial charge in [0.25, 0.3) is 0 Å². The smallest absolute Gasteiger partial charge is 0.236 e. The number of halogens is 1. The number of rotatable bonds is 5. The van der Waals surface area contributed by atoms with E-state index in [0.29, 0.717) is 24.5 Å². The highest BCUT2D eigenvalue weighted by Crippen LogP contribution is 2.53. The van der Waals surface area contributed by atoms with Crippen LogP contribution in [0, 0.1) is 5.92 Å². The van der Waals surface area contributed by atoms with E-state index in [1.807, 2.05) is 6.92 Å². The molecule has 26 heavy (non-hydrogen) atoms. The summed E-state index contributed by atoms with van der Waals surface area (Å²) in [7, 11) is 2.89. The molecule has 1 spiro atoms. The number of fused-ring (bicyclic) bond motifs is 1. The van der Waals surface area contributed by atoms with Crippen LogP contribution in [0.25, 0.3) is 0 Å². The van der Waals surface area contributed by atoms with Gasteiger partial charge in [-0.2, -0.15) is 0 Å². The Kier molecular flexibility index (Phi) is 4.88. The number of benzene rings is 1. The Morgan fingerprint density at radius 3 is 2.54 bits per heavy atom. The zero-order chi connectivity index (χ0) is 19.1. The van der Waals surface area contributed by atoms with Gasteiger partial charge < -0.3 is 18.9 Å². The fourth-order valence-corrected chi connectivity index (χ4v) is 3.69. The van der Waals surface area contributed by atoms with Crippen molar-refractivity contribution in [3.05, 3.63) is 28.5 Å². The van der Waals surface area contributed by atoms with Gasteiger partial charge in [-0.05, 0) is 6.42 Å². The lowest BCUT2D eigenvalue weighted by Crippen LogP contribution is -2.54. The van der Waals surface area contributed by atoms with Crippen LogP contribution in [0.4, 0.5) is 0 Å². The van der Waals surface area contributed by atoms with E-state index in [1.54, 1.807) is 6.92 Å². The van der Waals surface area contributed by atoms with Gasteiger partial charge in [0.05, 0.1) is 20.8 Å². The van der Waals surface area contributed by atoms with E-state index in [-0.39, 0.29) is 22.1 Å². The van der Waals surface area contributed by atoms with E-state index in [1.165, 1.54) is 26.4 Å². The van der Waals surface area contributed by atoms with Gasteiger partial charge in [0.1, 0.15) is 27.8 Å². The van der Waals surface area contributed by atoms with Crippen molar-refractivity contribution in [2.24, 2.45) is 5.92 Å². The number of Topliss-reactive ketones (excluding diaryl/α,β-unsaturated/α-hetero) is 1. The number of ketones is 2. The molecule has 1 aliphatic carbocycles. The Morgan fingerprint density at radius 1 is 1.27 bits per heavy atom. The number of allylic oxidation sites excluding steroid dienone is 1. The van der Waals surface area contributed by atoms with Crippen LogP contribution < -0.4 is 14.2 Å². The van der Waals surface area contributed by atoms with Gasteiger partial charge in [0.2, 0.25) is 17.2 Å². The molecule has 140 valence electrons. The largest absolute Gasteiger partial charge is 0.498 e. The van der Waals surface area contributed by atoms with Gasteiger partial charge in [-0.25, -0.2) is 0 Å². The monoisotopic (exact) mass is 380 g/mol. The molecule has 2 aliphatic rings. The Balaban J connectivity index is 2.08. The summed E-state index contributed by atoms with van der Waals surface area (Å²) >= 11 is 6.33. The molecule has 0 bridgehead atoms. The first-order valence-electron chi connectivity index (χ1n) is 8.46. The molecule has 1 aromatic carbocycles. The van der Waals surface area contributed by atoms with Gasteiger partial charge >= 0.3 is 0 Å². The van der Waals surface area contributed by atoms with Crippen LogP contribution in [0.2, 0.25) is 5.02 Å². The Bertz CT molecular complexity index is 800.